The normalized spacial score (nSPS) is 10.4. The number of aromatic nitrogens is 4. The van der Waals surface area contributed by atoms with Crippen molar-refractivity contribution in [1.29, 1.82) is 0 Å². The second-order valence-electron chi connectivity index (χ2n) is 3.46. The Hall–Kier alpha value is -2.11. The van der Waals surface area contributed by atoms with Crippen LogP contribution >= 0.6 is 0 Å². The van der Waals surface area contributed by atoms with Crippen molar-refractivity contribution in [3.8, 4) is 0 Å². The van der Waals surface area contributed by atoms with Gasteiger partial charge in [0.15, 0.2) is 0 Å². The van der Waals surface area contributed by atoms with E-state index >= 15 is 0 Å². The topological polar surface area (TPSA) is 64.7 Å². The van der Waals surface area contributed by atoms with Gasteiger partial charge in [-0.25, -0.2) is 9.78 Å². The number of aryl methyl sites for hydroxylation is 1. The third kappa shape index (κ3) is 1.95. The Bertz CT molecular complexity index is 525. The summed E-state index contributed by atoms with van der Waals surface area (Å²) in [4.78, 5) is 19.9. The molecule has 2 rings (SSSR count). The number of nitrogens with zero attached hydrogens (tertiary/aromatic N) is 4. The zero-order valence-corrected chi connectivity index (χ0v) is 9.21. The molecule has 0 unspecified atom stereocenters. The minimum Gasteiger partial charge on any atom is -0.372 e. The molecule has 16 heavy (non-hydrogen) atoms. The first-order chi connectivity index (χ1) is 7.70. The van der Waals surface area contributed by atoms with Gasteiger partial charge >= 0.3 is 5.69 Å². The molecule has 84 valence electrons. The van der Waals surface area contributed by atoms with Gasteiger partial charge in [-0.15, -0.1) is 0 Å². The molecule has 0 saturated carbocycles. The lowest BCUT2D eigenvalue weighted by Gasteiger charge is -2.02. The first kappa shape index (κ1) is 10.4. The van der Waals surface area contributed by atoms with Crippen LogP contribution in [0.2, 0.25) is 0 Å². The number of hydrogen-bond donors (Lipinski definition) is 1. The van der Waals surface area contributed by atoms with Gasteiger partial charge in [0.25, 0.3) is 0 Å². The van der Waals surface area contributed by atoms with Crippen molar-refractivity contribution in [3.05, 3.63) is 41.0 Å². The molecule has 6 nitrogen and oxygen atoms in total. The first-order valence-electron chi connectivity index (χ1n) is 4.91. The van der Waals surface area contributed by atoms with Gasteiger partial charge in [-0.2, -0.15) is 0 Å². The Morgan fingerprint density at radius 3 is 2.62 bits per heavy atom. The van der Waals surface area contributed by atoms with Crippen molar-refractivity contribution in [2.45, 2.75) is 6.54 Å². The number of hydrogen-bond acceptors (Lipinski definition) is 4. The molecular weight excluding hydrogens is 206 g/mol. The van der Waals surface area contributed by atoms with Gasteiger partial charge in [-0.3, -0.25) is 9.55 Å². The largest absolute Gasteiger partial charge is 0.372 e. The van der Waals surface area contributed by atoms with E-state index in [1.54, 1.807) is 43.4 Å². The standard InChI is InChI=1S/C10H13N5O/c1-11-9-6-12-8(5-13-9)7-15-4-3-14(2)10(15)16/h3-6H,7H2,1-2H3,(H,11,13). The highest BCUT2D eigenvalue weighted by Crippen LogP contribution is 2.00. The maximum Gasteiger partial charge on any atom is 0.328 e. The van der Waals surface area contributed by atoms with Gasteiger partial charge in [0.1, 0.15) is 5.82 Å². The molecule has 0 atom stereocenters. The lowest BCUT2D eigenvalue weighted by molar-refractivity contribution is 0.702. The SMILES string of the molecule is CNc1cnc(Cn2ccn(C)c2=O)cn1. The van der Waals surface area contributed by atoms with E-state index in [1.807, 2.05) is 0 Å². The molecule has 0 spiro atoms. The molecule has 1 N–H and O–H groups in total. The summed E-state index contributed by atoms with van der Waals surface area (Å²) in [6, 6.07) is 0. The maximum absolute atomic E-state index is 11.6. The van der Waals surface area contributed by atoms with E-state index in [4.69, 9.17) is 0 Å². The number of anilines is 1. The predicted octanol–water partition coefficient (Wildman–Crippen LogP) is 0.0668. The quantitative estimate of drug-likeness (QED) is 0.793. The molecule has 0 radical (unpaired) electrons. The van der Waals surface area contributed by atoms with Crippen LogP contribution in [0.15, 0.2) is 29.6 Å². The van der Waals surface area contributed by atoms with Gasteiger partial charge in [-0.1, -0.05) is 0 Å². The fourth-order valence-electron chi connectivity index (χ4n) is 1.37. The Labute approximate surface area is 92.6 Å². The van der Waals surface area contributed by atoms with Crippen molar-refractivity contribution < 1.29 is 0 Å². The molecule has 2 heterocycles. The fourth-order valence-corrected chi connectivity index (χ4v) is 1.37. The van der Waals surface area contributed by atoms with Gasteiger partial charge in [0, 0.05) is 26.5 Å². The van der Waals surface area contributed by atoms with E-state index < -0.39 is 0 Å². The molecule has 0 aliphatic rings. The number of rotatable bonds is 3. The zero-order valence-electron chi connectivity index (χ0n) is 9.21. The lowest BCUT2D eigenvalue weighted by Crippen LogP contribution is -2.22. The third-order valence-corrected chi connectivity index (χ3v) is 2.31. The predicted molar refractivity (Wildman–Crippen MR) is 60.4 cm³/mol. The monoisotopic (exact) mass is 219 g/mol. The van der Waals surface area contributed by atoms with E-state index in [0.717, 1.165) is 5.69 Å². The summed E-state index contributed by atoms with van der Waals surface area (Å²) in [6.45, 7) is 0.441. The summed E-state index contributed by atoms with van der Waals surface area (Å²) < 4.78 is 3.11. The van der Waals surface area contributed by atoms with Crippen molar-refractivity contribution in [2.24, 2.45) is 7.05 Å². The van der Waals surface area contributed by atoms with Gasteiger partial charge in [-0.05, 0) is 0 Å². The van der Waals surface area contributed by atoms with Crippen molar-refractivity contribution in [1.82, 2.24) is 19.1 Å². The summed E-state index contributed by atoms with van der Waals surface area (Å²) in [7, 11) is 3.50. The number of imidazole rings is 1. The van der Waals surface area contributed by atoms with Crippen LogP contribution in [0.4, 0.5) is 5.82 Å². The second kappa shape index (κ2) is 4.18. The summed E-state index contributed by atoms with van der Waals surface area (Å²) in [5.41, 5.74) is 0.701. The summed E-state index contributed by atoms with van der Waals surface area (Å²) in [6.07, 6.45) is 6.75. The Balaban J connectivity index is 2.21. The van der Waals surface area contributed by atoms with Crippen LogP contribution < -0.4 is 11.0 Å². The van der Waals surface area contributed by atoms with E-state index in [0.29, 0.717) is 12.4 Å². The average Bonchev–Trinajstić information content (AvgIpc) is 2.62. The van der Waals surface area contributed by atoms with Crippen molar-refractivity contribution in [2.75, 3.05) is 12.4 Å². The highest BCUT2D eigenvalue weighted by atomic mass is 16.1. The molecule has 0 fully saturated rings. The minimum atomic E-state index is -0.0560. The summed E-state index contributed by atoms with van der Waals surface area (Å²) in [5, 5.41) is 2.89. The van der Waals surface area contributed by atoms with Gasteiger partial charge in [0.05, 0.1) is 24.6 Å². The van der Waals surface area contributed by atoms with Gasteiger partial charge < -0.3 is 9.88 Å². The molecule has 0 amide bonds. The minimum absolute atomic E-state index is 0.0560. The fraction of sp³-hybridized carbons (Fsp3) is 0.300. The second-order valence-corrected chi connectivity index (χ2v) is 3.46. The van der Waals surface area contributed by atoms with Crippen LogP contribution in [0.5, 0.6) is 0 Å². The van der Waals surface area contributed by atoms with Crippen LogP contribution in [0.1, 0.15) is 5.69 Å². The van der Waals surface area contributed by atoms with Crippen LogP contribution in [0.25, 0.3) is 0 Å². The highest BCUT2D eigenvalue weighted by Gasteiger charge is 2.02. The van der Waals surface area contributed by atoms with E-state index in [1.165, 1.54) is 4.57 Å². The van der Waals surface area contributed by atoms with Crippen LogP contribution in [0.3, 0.4) is 0 Å². The summed E-state index contributed by atoms with van der Waals surface area (Å²) in [5.74, 6) is 0.712. The molecule has 0 aliphatic carbocycles. The molecular formula is C10H13N5O. The molecule has 2 aromatic heterocycles. The maximum atomic E-state index is 11.6. The van der Waals surface area contributed by atoms with Crippen LogP contribution in [0, 0.1) is 0 Å². The molecule has 0 aromatic carbocycles. The van der Waals surface area contributed by atoms with Crippen molar-refractivity contribution in [3.63, 3.8) is 0 Å². The smallest absolute Gasteiger partial charge is 0.328 e. The molecule has 0 aliphatic heterocycles. The highest BCUT2D eigenvalue weighted by molar-refractivity contribution is 5.29. The van der Waals surface area contributed by atoms with Gasteiger partial charge in [0.2, 0.25) is 0 Å². The Kier molecular flexibility index (Phi) is 2.72. The molecule has 0 saturated heterocycles. The van der Waals surface area contributed by atoms with E-state index in [9.17, 15) is 4.79 Å². The first-order valence-corrected chi connectivity index (χ1v) is 4.91. The zero-order chi connectivity index (χ0) is 11.5. The van der Waals surface area contributed by atoms with E-state index in [-0.39, 0.29) is 5.69 Å². The number of nitrogens with one attached hydrogen (secondary N) is 1. The van der Waals surface area contributed by atoms with Crippen molar-refractivity contribution >= 4 is 5.82 Å². The van der Waals surface area contributed by atoms with Crippen LogP contribution in [-0.2, 0) is 13.6 Å². The Morgan fingerprint density at radius 1 is 1.31 bits per heavy atom. The molecule has 6 heteroatoms. The summed E-state index contributed by atoms with van der Waals surface area (Å²) >= 11 is 0. The van der Waals surface area contributed by atoms with E-state index in [2.05, 4.69) is 15.3 Å². The van der Waals surface area contributed by atoms with Crippen LogP contribution in [-0.4, -0.2) is 26.1 Å². The third-order valence-electron chi connectivity index (χ3n) is 2.31. The molecule has 0 bridgehead atoms. The molecule has 2 aromatic rings. The Morgan fingerprint density at radius 2 is 2.12 bits per heavy atom. The average molecular weight is 219 g/mol. The lowest BCUT2D eigenvalue weighted by atomic mass is 10.4.